The first-order valence-electron chi connectivity index (χ1n) is 6.34. The summed E-state index contributed by atoms with van der Waals surface area (Å²) < 4.78 is 13.6. The topological polar surface area (TPSA) is 29.3 Å². The summed E-state index contributed by atoms with van der Waals surface area (Å²) in [6.07, 6.45) is 1.08. The highest BCUT2D eigenvalue weighted by Crippen LogP contribution is 2.21. The molecule has 0 saturated heterocycles. The van der Waals surface area contributed by atoms with E-state index >= 15 is 0 Å². The average Bonchev–Trinajstić information content (AvgIpc) is 2.33. The smallest absolute Gasteiger partial charge is 0.126 e. The third kappa shape index (κ3) is 3.51. The largest absolute Gasteiger partial charge is 0.329 e. The lowest BCUT2D eigenvalue weighted by Gasteiger charge is -2.30. The third-order valence-electron chi connectivity index (χ3n) is 3.16. The minimum atomic E-state index is -0.145. The van der Waals surface area contributed by atoms with E-state index in [4.69, 9.17) is 5.73 Å². The van der Waals surface area contributed by atoms with E-state index < -0.39 is 0 Å². The van der Waals surface area contributed by atoms with E-state index in [9.17, 15) is 4.39 Å². The normalized spacial score (nSPS) is 13.1. The lowest BCUT2D eigenvalue weighted by Crippen LogP contribution is -2.34. The van der Waals surface area contributed by atoms with Gasteiger partial charge in [0.15, 0.2) is 0 Å². The van der Waals surface area contributed by atoms with Crippen LogP contribution < -0.4 is 5.73 Å². The molecule has 3 heteroatoms. The van der Waals surface area contributed by atoms with Crippen molar-refractivity contribution in [3.8, 4) is 0 Å². The van der Waals surface area contributed by atoms with Gasteiger partial charge < -0.3 is 5.73 Å². The number of benzene rings is 1. The first-order valence-corrected chi connectivity index (χ1v) is 6.34. The Labute approximate surface area is 104 Å². The van der Waals surface area contributed by atoms with Gasteiger partial charge in [-0.3, -0.25) is 4.90 Å². The Kier molecular flexibility index (Phi) is 5.59. The van der Waals surface area contributed by atoms with Gasteiger partial charge in [-0.2, -0.15) is 0 Å². The summed E-state index contributed by atoms with van der Waals surface area (Å²) in [7, 11) is 0. The Balaban J connectivity index is 2.95. The molecule has 1 aromatic rings. The summed E-state index contributed by atoms with van der Waals surface area (Å²) >= 11 is 0. The Morgan fingerprint density at radius 3 is 2.53 bits per heavy atom. The van der Waals surface area contributed by atoms with Crippen molar-refractivity contribution in [2.75, 3.05) is 19.6 Å². The molecule has 0 amide bonds. The molecule has 0 aromatic heterocycles. The maximum absolute atomic E-state index is 13.6. The first-order chi connectivity index (χ1) is 8.13. The van der Waals surface area contributed by atoms with Gasteiger partial charge in [0.2, 0.25) is 0 Å². The molecule has 0 aliphatic rings. The molecular weight excluding hydrogens is 215 g/mol. The second-order valence-corrected chi connectivity index (χ2v) is 4.39. The van der Waals surface area contributed by atoms with E-state index in [0.29, 0.717) is 12.1 Å². The quantitative estimate of drug-likeness (QED) is 0.825. The summed E-state index contributed by atoms with van der Waals surface area (Å²) in [5, 5.41) is 0. The molecule has 0 radical (unpaired) electrons. The zero-order valence-corrected chi connectivity index (χ0v) is 11.0. The molecule has 0 heterocycles. The van der Waals surface area contributed by atoms with Gasteiger partial charge in [-0.05, 0) is 43.6 Å². The number of aryl methyl sites for hydroxylation is 1. The van der Waals surface area contributed by atoms with Crippen LogP contribution in [0, 0.1) is 12.7 Å². The van der Waals surface area contributed by atoms with Gasteiger partial charge in [0.1, 0.15) is 5.82 Å². The fraction of sp³-hybridized carbons (Fsp3) is 0.571. The molecule has 1 unspecified atom stereocenters. The SMILES string of the molecule is CCCN(CC)C(CN)c1ccc(C)c(F)c1. The molecule has 0 fully saturated rings. The lowest BCUT2D eigenvalue weighted by atomic mass is 10.0. The van der Waals surface area contributed by atoms with Crippen LogP contribution in [0.25, 0.3) is 0 Å². The second-order valence-electron chi connectivity index (χ2n) is 4.39. The summed E-state index contributed by atoms with van der Waals surface area (Å²) in [4.78, 5) is 2.30. The van der Waals surface area contributed by atoms with E-state index in [2.05, 4.69) is 18.7 Å². The molecule has 17 heavy (non-hydrogen) atoms. The monoisotopic (exact) mass is 238 g/mol. The minimum absolute atomic E-state index is 0.120. The number of hydrogen-bond acceptors (Lipinski definition) is 2. The predicted molar refractivity (Wildman–Crippen MR) is 70.5 cm³/mol. The van der Waals surface area contributed by atoms with Crippen LogP contribution in [0.2, 0.25) is 0 Å². The van der Waals surface area contributed by atoms with Crippen molar-refractivity contribution in [3.05, 3.63) is 35.1 Å². The van der Waals surface area contributed by atoms with Gasteiger partial charge >= 0.3 is 0 Å². The van der Waals surface area contributed by atoms with Crippen molar-refractivity contribution in [1.29, 1.82) is 0 Å². The zero-order valence-electron chi connectivity index (χ0n) is 11.0. The molecule has 2 nitrogen and oxygen atoms in total. The van der Waals surface area contributed by atoms with Crippen molar-refractivity contribution in [2.45, 2.75) is 33.2 Å². The van der Waals surface area contributed by atoms with Crippen molar-refractivity contribution in [3.63, 3.8) is 0 Å². The van der Waals surface area contributed by atoms with Crippen LogP contribution in [-0.4, -0.2) is 24.5 Å². The fourth-order valence-electron chi connectivity index (χ4n) is 2.13. The molecule has 0 saturated carbocycles. The van der Waals surface area contributed by atoms with Gasteiger partial charge in [-0.25, -0.2) is 4.39 Å². The lowest BCUT2D eigenvalue weighted by molar-refractivity contribution is 0.212. The summed E-state index contributed by atoms with van der Waals surface area (Å²) in [5.41, 5.74) is 7.50. The summed E-state index contributed by atoms with van der Waals surface area (Å²) in [6, 6.07) is 5.54. The average molecular weight is 238 g/mol. The number of nitrogens with two attached hydrogens (primary N) is 1. The van der Waals surface area contributed by atoms with Crippen LogP contribution in [0.1, 0.15) is 37.4 Å². The van der Waals surface area contributed by atoms with Gasteiger partial charge in [-0.1, -0.05) is 26.0 Å². The van der Waals surface area contributed by atoms with Crippen LogP contribution >= 0.6 is 0 Å². The molecule has 1 aromatic carbocycles. The van der Waals surface area contributed by atoms with Crippen molar-refractivity contribution in [2.24, 2.45) is 5.73 Å². The molecule has 96 valence electrons. The predicted octanol–water partition coefficient (Wildman–Crippen LogP) is 2.87. The maximum Gasteiger partial charge on any atom is 0.126 e. The second kappa shape index (κ2) is 6.72. The molecule has 0 aliphatic heterocycles. The summed E-state index contributed by atoms with van der Waals surface area (Å²) in [5.74, 6) is -0.145. The summed E-state index contributed by atoms with van der Waals surface area (Å²) in [6.45, 7) is 8.49. The number of likely N-dealkylation sites (N-methyl/N-ethyl adjacent to an activating group) is 1. The molecule has 0 aliphatic carbocycles. The van der Waals surface area contributed by atoms with E-state index in [1.165, 1.54) is 0 Å². The van der Waals surface area contributed by atoms with Gasteiger partial charge in [0, 0.05) is 12.6 Å². The Morgan fingerprint density at radius 1 is 1.35 bits per heavy atom. The maximum atomic E-state index is 13.6. The number of hydrogen-bond donors (Lipinski definition) is 1. The highest BCUT2D eigenvalue weighted by molar-refractivity contribution is 5.26. The van der Waals surface area contributed by atoms with Gasteiger partial charge in [0.05, 0.1) is 0 Å². The van der Waals surface area contributed by atoms with E-state index in [1.807, 2.05) is 12.1 Å². The highest BCUT2D eigenvalue weighted by Gasteiger charge is 2.17. The molecule has 1 atom stereocenters. The van der Waals surface area contributed by atoms with Crippen LogP contribution in [0.4, 0.5) is 4.39 Å². The molecule has 0 bridgehead atoms. The van der Waals surface area contributed by atoms with Crippen LogP contribution in [0.15, 0.2) is 18.2 Å². The fourth-order valence-corrected chi connectivity index (χ4v) is 2.13. The zero-order chi connectivity index (χ0) is 12.8. The van der Waals surface area contributed by atoms with Crippen LogP contribution in [-0.2, 0) is 0 Å². The third-order valence-corrected chi connectivity index (χ3v) is 3.16. The number of nitrogens with zero attached hydrogens (tertiary/aromatic N) is 1. The highest BCUT2D eigenvalue weighted by atomic mass is 19.1. The standard InChI is InChI=1S/C14H23FN2/c1-4-8-17(5-2)14(10-16)12-7-6-11(3)13(15)9-12/h6-7,9,14H,4-5,8,10,16H2,1-3H3. The molecular formula is C14H23FN2. The first kappa shape index (κ1) is 14.1. The molecule has 0 spiro atoms. The van der Waals surface area contributed by atoms with Crippen LogP contribution in [0.5, 0.6) is 0 Å². The number of rotatable bonds is 6. The Hall–Kier alpha value is -0.930. The van der Waals surface area contributed by atoms with Crippen molar-refractivity contribution < 1.29 is 4.39 Å². The van der Waals surface area contributed by atoms with Crippen molar-refractivity contribution >= 4 is 0 Å². The van der Waals surface area contributed by atoms with Gasteiger partial charge in [0.25, 0.3) is 0 Å². The van der Waals surface area contributed by atoms with E-state index in [1.54, 1.807) is 13.0 Å². The van der Waals surface area contributed by atoms with E-state index in [-0.39, 0.29) is 11.9 Å². The van der Waals surface area contributed by atoms with E-state index in [0.717, 1.165) is 25.1 Å². The minimum Gasteiger partial charge on any atom is -0.329 e. The van der Waals surface area contributed by atoms with Crippen LogP contribution in [0.3, 0.4) is 0 Å². The van der Waals surface area contributed by atoms with Gasteiger partial charge in [-0.15, -0.1) is 0 Å². The Bertz CT molecular complexity index is 352. The molecule has 1 rings (SSSR count). The Morgan fingerprint density at radius 2 is 2.06 bits per heavy atom. The number of halogens is 1. The van der Waals surface area contributed by atoms with Crippen molar-refractivity contribution in [1.82, 2.24) is 4.90 Å². The molecule has 2 N–H and O–H groups in total.